The average molecular weight is 283 g/mol. The van der Waals surface area contributed by atoms with E-state index in [-0.39, 0.29) is 11.1 Å². The van der Waals surface area contributed by atoms with Gasteiger partial charge in [0.05, 0.1) is 10.8 Å². The van der Waals surface area contributed by atoms with Gasteiger partial charge in [-0.15, -0.1) is 0 Å². The van der Waals surface area contributed by atoms with Crippen molar-refractivity contribution in [1.29, 1.82) is 0 Å². The van der Waals surface area contributed by atoms with Gasteiger partial charge in [-0.2, -0.15) is 0 Å². The molecular weight excluding hydrogens is 261 g/mol. The van der Waals surface area contributed by atoms with Gasteiger partial charge in [0.15, 0.2) is 0 Å². The van der Waals surface area contributed by atoms with Crippen LogP contribution in [0.3, 0.4) is 0 Å². The molecule has 1 aliphatic carbocycles. The van der Waals surface area contributed by atoms with Gasteiger partial charge in [0.2, 0.25) is 0 Å². The summed E-state index contributed by atoms with van der Waals surface area (Å²) in [6.07, 6.45) is 5.40. The zero-order chi connectivity index (χ0) is 13.7. The van der Waals surface area contributed by atoms with Crippen LogP contribution in [0.25, 0.3) is 0 Å². The predicted octanol–water partition coefficient (Wildman–Crippen LogP) is 3.24. The molecule has 3 atom stereocenters. The first-order valence-electron chi connectivity index (χ1n) is 7.10. The van der Waals surface area contributed by atoms with Crippen LogP contribution in [-0.4, -0.2) is 22.0 Å². The summed E-state index contributed by atoms with van der Waals surface area (Å²) < 4.78 is 25.4. The standard InChI is InChI=1S/C15H22FNOS/c1-2-10-17-13-4-3-5-15(11-13)19(18)14-8-6-12(16)7-9-14/h6-9,13,15,17H,2-5,10-11H2,1H3. The van der Waals surface area contributed by atoms with Crippen LogP contribution in [-0.2, 0) is 10.8 Å². The topological polar surface area (TPSA) is 29.1 Å². The van der Waals surface area contributed by atoms with Gasteiger partial charge >= 0.3 is 0 Å². The number of rotatable bonds is 5. The normalized spacial score (nSPS) is 25.2. The third-order valence-electron chi connectivity index (χ3n) is 3.66. The van der Waals surface area contributed by atoms with E-state index in [1.807, 2.05) is 0 Å². The van der Waals surface area contributed by atoms with Crippen molar-refractivity contribution in [1.82, 2.24) is 5.32 Å². The van der Waals surface area contributed by atoms with Gasteiger partial charge in [-0.25, -0.2) is 4.39 Å². The second-order valence-electron chi connectivity index (χ2n) is 5.19. The summed E-state index contributed by atoms with van der Waals surface area (Å²) in [5, 5.41) is 3.72. The van der Waals surface area contributed by atoms with Crippen molar-refractivity contribution < 1.29 is 8.60 Å². The third-order valence-corrected chi connectivity index (χ3v) is 5.43. The molecule has 0 heterocycles. The van der Waals surface area contributed by atoms with E-state index in [9.17, 15) is 8.60 Å². The molecule has 3 unspecified atom stereocenters. The molecule has 0 radical (unpaired) electrons. The number of benzene rings is 1. The van der Waals surface area contributed by atoms with E-state index >= 15 is 0 Å². The van der Waals surface area contributed by atoms with Gasteiger partial charge in [0.1, 0.15) is 5.82 Å². The molecule has 1 aromatic rings. The number of hydrogen-bond donors (Lipinski definition) is 1. The lowest BCUT2D eigenvalue weighted by atomic mass is 9.95. The number of hydrogen-bond acceptors (Lipinski definition) is 2. The first-order chi connectivity index (χ1) is 9.20. The molecule has 2 nitrogen and oxygen atoms in total. The molecule has 0 aliphatic heterocycles. The van der Waals surface area contributed by atoms with Crippen molar-refractivity contribution in [3.63, 3.8) is 0 Å². The Kier molecular flexibility index (Phi) is 5.52. The van der Waals surface area contributed by atoms with E-state index in [4.69, 9.17) is 0 Å². The third kappa shape index (κ3) is 4.11. The van der Waals surface area contributed by atoms with Crippen LogP contribution < -0.4 is 5.32 Å². The Labute approximate surface area is 117 Å². The quantitative estimate of drug-likeness (QED) is 0.899. The van der Waals surface area contributed by atoms with Gasteiger partial charge in [0.25, 0.3) is 0 Å². The van der Waals surface area contributed by atoms with E-state index in [1.165, 1.54) is 18.6 Å². The van der Waals surface area contributed by atoms with Crippen LogP contribution in [0.5, 0.6) is 0 Å². The van der Waals surface area contributed by atoms with E-state index < -0.39 is 10.8 Å². The molecule has 0 aromatic heterocycles. The molecule has 0 spiro atoms. The second-order valence-corrected chi connectivity index (χ2v) is 6.92. The highest BCUT2D eigenvalue weighted by Crippen LogP contribution is 2.26. The molecule has 2 rings (SSSR count). The molecular formula is C15H22FNOS. The SMILES string of the molecule is CCCNC1CCCC(S(=O)c2ccc(F)cc2)C1. The van der Waals surface area contributed by atoms with Crippen LogP contribution in [0.4, 0.5) is 4.39 Å². The predicted molar refractivity (Wildman–Crippen MR) is 77.1 cm³/mol. The lowest BCUT2D eigenvalue weighted by Crippen LogP contribution is -2.37. The highest BCUT2D eigenvalue weighted by Gasteiger charge is 2.26. The minimum Gasteiger partial charge on any atom is -0.314 e. The molecule has 1 saturated carbocycles. The average Bonchev–Trinajstić information content (AvgIpc) is 2.45. The van der Waals surface area contributed by atoms with Crippen molar-refractivity contribution in [3.05, 3.63) is 30.1 Å². The summed E-state index contributed by atoms with van der Waals surface area (Å²) in [5.74, 6) is -0.271. The lowest BCUT2D eigenvalue weighted by Gasteiger charge is -2.29. The molecule has 106 valence electrons. The van der Waals surface area contributed by atoms with Gasteiger partial charge in [-0.3, -0.25) is 4.21 Å². The van der Waals surface area contributed by atoms with E-state index in [0.717, 1.165) is 37.1 Å². The summed E-state index contributed by atoms with van der Waals surface area (Å²) in [4.78, 5) is 0.752. The Bertz CT molecular complexity index is 421. The Morgan fingerprint density at radius 2 is 2.05 bits per heavy atom. The highest BCUT2D eigenvalue weighted by molar-refractivity contribution is 7.85. The Balaban J connectivity index is 1.96. The summed E-state index contributed by atoms with van der Waals surface area (Å²) in [6, 6.07) is 6.57. The molecule has 1 N–H and O–H groups in total. The van der Waals surface area contributed by atoms with E-state index in [2.05, 4.69) is 12.2 Å². The molecule has 1 aliphatic rings. The minimum absolute atomic E-state index is 0.202. The van der Waals surface area contributed by atoms with Crippen LogP contribution >= 0.6 is 0 Å². The van der Waals surface area contributed by atoms with E-state index in [0.29, 0.717) is 6.04 Å². The molecule has 4 heteroatoms. The minimum atomic E-state index is -1.01. The number of nitrogens with one attached hydrogen (secondary N) is 1. The fraction of sp³-hybridized carbons (Fsp3) is 0.600. The first kappa shape index (κ1) is 14.7. The zero-order valence-electron chi connectivity index (χ0n) is 11.4. The molecule has 0 amide bonds. The van der Waals surface area contributed by atoms with Gasteiger partial charge < -0.3 is 5.32 Å². The number of halogens is 1. The fourth-order valence-electron chi connectivity index (χ4n) is 2.63. The van der Waals surface area contributed by atoms with Crippen LogP contribution in [0.1, 0.15) is 39.0 Å². The monoisotopic (exact) mass is 283 g/mol. The molecule has 0 saturated heterocycles. The maximum absolute atomic E-state index is 12.9. The van der Waals surface area contributed by atoms with Crippen molar-refractivity contribution >= 4 is 10.8 Å². The van der Waals surface area contributed by atoms with Gasteiger partial charge in [0, 0.05) is 16.2 Å². The van der Waals surface area contributed by atoms with Crippen LogP contribution in [0.2, 0.25) is 0 Å². The first-order valence-corrected chi connectivity index (χ1v) is 8.31. The fourth-order valence-corrected chi connectivity index (χ4v) is 4.21. The Hall–Kier alpha value is -0.740. The van der Waals surface area contributed by atoms with Crippen molar-refractivity contribution in [3.8, 4) is 0 Å². The summed E-state index contributed by atoms with van der Waals surface area (Å²) in [7, 11) is -1.01. The maximum Gasteiger partial charge on any atom is 0.123 e. The maximum atomic E-state index is 12.9. The Morgan fingerprint density at radius 1 is 1.32 bits per heavy atom. The zero-order valence-corrected chi connectivity index (χ0v) is 12.2. The molecule has 19 heavy (non-hydrogen) atoms. The molecule has 0 bridgehead atoms. The Morgan fingerprint density at radius 3 is 2.74 bits per heavy atom. The van der Waals surface area contributed by atoms with Crippen molar-refractivity contribution in [2.75, 3.05) is 6.54 Å². The van der Waals surface area contributed by atoms with Crippen molar-refractivity contribution in [2.24, 2.45) is 0 Å². The largest absolute Gasteiger partial charge is 0.314 e. The molecule has 1 fully saturated rings. The van der Waals surface area contributed by atoms with E-state index in [1.54, 1.807) is 12.1 Å². The van der Waals surface area contributed by atoms with Gasteiger partial charge in [-0.1, -0.05) is 13.3 Å². The van der Waals surface area contributed by atoms with Crippen molar-refractivity contribution in [2.45, 2.75) is 55.2 Å². The lowest BCUT2D eigenvalue weighted by molar-refractivity contribution is 0.378. The van der Waals surface area contributed by atoms with Crippen LogP contribution in [0, 0.1) is 5.82 Å². The molecule has 1 aromatic carbocycles. The van der Waals surface area contributed by atoms with Gasteiger partial charge in [-0.05, 0) is 56.5 Å². The summed E-state index contributed by atoms with van der Waals surface area (Å²) >= 11 is 0. The second kappa shape index (κ2) is 7.15. The van der Waals surface area contributed by atoms with Crippen LogP contribution in [0.15, 0.2) is 29.2 Å². The summed E-state index contributed by atoms with van der Waals surface area (Å²) in [6.45, 7) is 3.19. The summed E-state index contributed by atoms with van der Waals surface area (Å²) in [5.41, 5.74) is 0. The smallest absolute Gasteiger partial charge is 0.123 e. The highest BCUT2D eigenvalue weighted by atomic mass is 32.2.